The van der Waals surface area contributed by atoms with Crippen LogP contribution in [0.5, 0.6) is 5.75 Å². The maximum absolute atomic E-state index is 14.2. The molecule has 3 heterocycles. The second-order valence-corrected chi connectivity index (χ2v) is 10.5. The fourth-order valence-corrected chi connectivity index (χ4v) is 4.62. The van der Waals surface area contributed by atoms with Crippen molar-refractivity contribution in [2.75, 3.05) is 23.4 Å². The number of rotatable bonds is 6. The molecular formula is C25H29Cl2FN6O3. The number of halogens is 3. The topological polar surface area (TPSA) is 94.4 Å². The van der Waals surface area contributed by atoms with Gasteiger partial charge in [-0.3, -0.25) is 10.3 Å². The lowest BCUT2D eigenvalue weighted by Gasteiger charge is -2.27. The molecule has 0 radical (unpaired) electrons. The highest BCUT2D eigenvalue weighted by Crippen LogP contribution is 2.37. The van der Waals surface area contributed by atoms with Gasteiger partial charge in [-0.05, 0) is 70.4 Å². The minimum absolute atomic E-state index is 0.108. The Morgan fingerprint density at radius 1 is 1.19 bits per heavy atom. The summed E-state index contributed by atoms with van der Waals surface area (Å²) in [7, 11) is 0. The van der Waals surface area contributed by atoms with Gasteiger partial charge < -0.3 is 9.47 Å². The van der Waals surface area contributed by atoms with Gasteiger partial charge in [-0.1, -0.05) is 23.2 Å². The van der Waals surface area contributed by atoms with Crippen molar-refractivity contribution in [3.8, 4) is 17.0 Å². The summed E-state index contributed by atoms with van der Waals surface area (Å²) >= 11 is 12.5. The van der Waals surface area contributed by atoms with Crippen LogP contribution in [0.15, 0.2) is 30.6 Å². The van der Waals surface area contributed by atoms with Gasteiger partial charge in [0, 0.05) is 35.4 Å². The zero-order valence-corrected chi connectivity index (χ0v) is 22.6. The SMILES string of the molecule is C[C@H](Oc1cc(-c2cn(N3CCCCC3)nn2)cnc1NC(=O)OC(C)(C)C)c1c(Cl)ccc(F)c1Cl. The number of ether oxygens (including phenoxy) is 2. The van der Waals surface area contributed by atoms with E-state index in [0.29, 0.717) is 11.3 Å². The monoisotopic (exact) mass is 550 g/mol. The summed E-state index contributed by atoms with van der Waals surface area (Å²) < 4.78 is 25.6. The third kappa shape index (κ3) is 6.61. The second-order valence-electron chi connectivity index (χ2n) is 9.75. The van der Waals surface area contributed by atoms with Crippen LogP contribution in [-0.4, -0.2) is 44.9 Å². The first-order valence-corrected chi connectivity index (χ1v) is 12.8. The third-order valence-corrected chi connectivity index (χ3v) is 6.38. The van der Waals surface area contributed by atoms with Gasteiger partial charge in [0.1, 0.15) is 23.2 Å². The number of nitrogens with one attached hydrogen (secondary N) is 1. The molecule has 0 spiro atoms. The Bertz CT molecular complexity index is 1270. The highest BCUT2D eigenvalue weighted by atomic mass is 35.5. The lowest BCUT2D eigenvalue weighted by molar-refractivity contribution is 0.0634. The van der Waals surface area contributed by atoms with Crippen LogP contribution in [0.2, 0.25) is 10.0 Å². The second kappa shape index (κ2) is 11.1. The molecule has 1 aliphatic rings. The molecule has 12 heteroatoms. The molecule has 37 heavy (non-hydrogen) atoms. The van der Waals surface area contributed by atoms with Crippen LogP contribution in [0.25, 0.3) is 11.3 Å². The van der Waals surface area contributed by atoms with E-state index >= 15 is 0 Å². The Morgan fingerprint density at radius 2 is 1.92 bits per heavy atom. The average molecular weight is 551 g/mol. The highest BCUT2D eigenvalue weighted by molar-refractivity contribution is 6.36. The van der Waals surface area contributed by atoms with Crippen LogP contribution in [-0.2, 0) is 4.74 Å². The van der Waals surface area contributed by atoms with Crippen LogP contribution >= 0.6 is 23.2 Å². The molecular weight excluding hydrogens is 522 g/mol. The first-order chi connectivity index (χ1) is 17.5. The van der Waals surface area contributed by atoms with E-state index in [2.05, 4.69) is 25.6 Å². The molecule has 1 atom stereocenters. The van der Waals surface area contributed by atoms with Gasteiger partial charge in [0.05, 0.1) is 11.2 Å². The summed E-state index contributed by atoms with van der Waals surface area (Å²) in [6, 6.07) is 4.26. The van der Waals surface area contributed by atoms with E-state index in [1.165, 1.54) is 18.6 Å². The van der Waals surface area contributed by atoms with Gasteiger partial charge in [0.2, 0.25) is 0 Å². The predicted octanol–water partition coefficient (Wildman–Crippen LogP) is 6.39. The van der Waals surface area contributed by atoms with Crippen molar-refractivity contribution in [2.24, 2.45) is 0 Å². The number of carbonyl (C=O) groups is 1. The average Bonchev–Trinajstić information content (AvgIpc) is 3.33. The van der Waals surface area contributed by atoms with Crippen molar-refractivity contribution >= 4 is 35.1 Å². The Morgan fingerprint density at radius 3 is 2.62 bits per heavy atom. The van der Waals surface area contributed by atoms with E-state index in [-0.39, 0.29) is 27.2 Å². The fraction of sp³-hybridized carbons (Fsp3) is 0.440. The van der Waals surface area contributed by atoms with Gasteiger partial charge in [-0.25, -0.2) is 14.2 Å². The van der Waals surface area contributed by atoms with Crippen molar-refractivity contribution in [3.63, 3.8) is 0 Å². The number of hydrogen-bond donors (Lipinski definition) is 1. The van der Waals surface area contributed by atoms with Crippen molar-refractivity contribution in [2.45, 2.75) is 58.7 Å². The molecule has 1 aromatic carbocycles. The number of piperidine rings is 1. The molecule has 1 fully saturated rings. The van der Waals surface area contributed by atoms with E-state index in [0.717, 1.165) is 25.9 Å². The maximum Gasteiger partial charge on any atom is 0.413 e. The summed E-state index contributed by atoms with van der Waals surface area (Å²) in [6.45, 7) is 8.73. The van der Waals surface area contributed by atoms with Crippen LogP contribution in [0.1, 0.15) is 58.6 Å². The van der Waals surface area contributed by atoms with Crippen molar-refractivity contribution < 1.29 is 18.7 Å². The molecule has 1 aliphatic heterocycles. The van der Waals surface area contributed by atoms with Crippen molar-refractivity contribution in [1.82, 2.24) is 20.1 Å². The van der Waals surface area contributed by atoms with Gasteiger partial charge >= 0.3 is 6.09 Å². The number of aromatic nitrogens is 4. The van der Waals surface area contributed by atoms with Crippen LogP contribution in [0.3, 0.4) is 0 Å². The number of benzene rings is 1. The minimum atomic E-state index is -0.782. The summed E-state index contributed by atoms with van der Waals surface area (Å²) in [6.07, 6.45) is 5.28. The summed E-state index contributed by atoms with van der Waals surface area (Å²) in [5.74, 6) is -0.318. The lowest BCUT2D eigenvalue weighted by atomic mass is 10.1. The minimum Gasteiger partial charge on any atom is -0.482 e. The number of anilines is 1. The van der Waals surface area contributed by atoms with E-state index in [9.17, 15) is 9.18 Å². The standard InChI is InChI=1S/C25H29Cl2FN6O3/c1-15(21-17(26)8-9-18(28)22(21)27)36-20-12-16(13-29-23(20)30-24(35)37-25(2,3)4)19-14-34(32-31-19)33-10-6-5-7-11-33/h8-9,12-15H,5-7,10-11H2,1-4H3,(H,29,30,35)/t15-/m0/s1. The quantitative estimate of drug-likeness (QED) is 0.355. The molecule has 1 N–H and O–H groups in total. The predicted molar refractivity (Wildman–Crippen MR) is 140 cm³/mol. The van der Waals surface area contributed by atoms with E-state index in [1.54, 1.807) is 44.7 Å². The first-order valence-electron chi connectivity index (χ1n) is 12.0. The Kier molecular flexibility index (Phi) is 8.08. The molecule has 198 valence electrons. The molecule has 0 bridgehead atoms. The van der Waals surface area contributed by atoms with Crippen LogP contribution in [0.4, 0.5) is 15.0 Å². The number of pyridine rings is 1. The molecule has 9 nitrogen and oxygen atoms in total. The maximum atomic E-state index is 14.2. The van der Waals surface area contributed by atoms with Crippen molar-refractivity contribution in [3.05, 3.63) is 52.0 Å². The number of amides is 1. The largest absolute Gasteiger partial charge is 0.482 e. The highest BCUT2D eigenvalue weighted by Gasteiger charge is 2.23. The molecule has 0 aliphatic carbocycles. The zero-order chi connectivity index (χ0) is 26.7. The summed E-state index contributed by atoms with van der Waals surface area (Å²) in [5.41, 5.74) is 0.735. The molecule has 4 rings (SSSR count). The van der Waals surface area contributed by atoms with E-state index in [4.69, 9.17) is 32.7 Å². The molecule has 3 aromatic rings. The molecule has 0 saturated carbocycles. The van der Waals surface area contributed by atoms with Crippen LogP contribution in [0, 0.1) is 5.82 Å². The Hall–Kier alpha value is -3.11. The number of carbonyl (C=O) groups excluding carboxylic acids is 1. The Labute approximate surface area is 224 Å². The van der Waals surface area contributed by atoms with Gasteiger partial charge in [-0.2, -0.15) is 4.79 Å². The van der Waals surface area contributed by atoms with E-state index < -0.39 is 23.6 Å². The Balaban J connectivity index is 1.66. The zero-order valence-electron chi connectivity index (χ0n) is 21.1. The van der Waals surface area contributed by atoms with Gasteiger partial charge in [-0.15, -0.1) is 5.10 Å². The third-order valence-electron chi connectivity index (χ3n) is 5.66. The van der Waals surface area contributed by atoms with E-state index in [1.807, 2.05) is 6.20 Å². The smallest absolute Gasteiger partial charge is 0.413 e. The number of hydrogen-bond acceptors (Lipinski definition) is 7. The molecule has 1 amide bonds. The normalized spacial score (nSPS) is 14.8. The first kappa shape index (κ1) is 26.9. The molecule has 0 unspecified atom stereocenters. The van der Waals surface area contributed by atoms with Gasteiger partial charge in [0.15, 0.2) is 11.6 Å². The molecule has 1 saturated heterocycles. The summed E-state index contributed by atoms with van der Waals surface area (Å²) in [4.78, 5) is 18.6. The van der Waals surface area contributed by atoms with Crippen LogP contribution < -0.4 is 15.1 Å². The summed E-state index contributed by atoms with van der Waals surface area (Å²) in [5, 5.41) is 13.4. The molecule has 2 aromatic heterocycles. The lowest BCUT2D eigenvalue weighted by Crippen LogP contribution is -2.39. The fourth-order valence-electron chi connectivity index (χ4n) is 3.94. The number of nitrogens with zero attached hydrogens (tertiary/aromatic N) is 5. The van der Waals surface area contributed by atoms with Gasteiger partial charge in [0.25, 0.3) is 0 Å². The van der Waals surface area contributed by atoms with Crippen molar-refractivity contribution in [1.29, 1.82) is 0 Å².